The van der Waals surface area contributed by atoms with Crippen LogP contribution in [-0.4, -0.2) is 61.7 Å². The Morgan fingerprint density at radius 1 is 1.34 bits per heavy atom. The quantitative estimate of drug-likeness (QED) is 0.361. The van der Waals surface area contributed by atoms with Crippen molar-refractivity contribution in [3.05, 3.63) is 23.5 Å². The molecule has 0 fully saturated rings. The van der Waals surface area contributed by atoms with Crippen molar-refractivity contribution in [3.8, 4) is 5.88 Å². The Balaban J connectivity index is 2.14. The van der Waals surface area contributed by atoms with Gasteiger partial charge >= 0.3 is 0 Å². The smallest absolute Gasteiger partial charge is 0.265 e. The first-order chi connectivity index (χ1) is 14.7. The minimum Gasteiger partial charge on any atom is -0.475 e. The van der Waals surface area contributed by atoms with Gasteiger partial charge in [-0.25, -0.2) is 0 Å². The van der Waals surface area contributed by atoms with Gasteiger partial charge in [0.2, 0.25) is 5.78 Å². The molecule has 2 aliphatic carbocycles. The molecule has 2 aliphatic rings. The summed E-state index contributed by atoms with van der Waals surface area (Å²) >= 11 is 0. The fourth-order valence-electron chi connectivity index (χ4n) is 4.54. The highest BCUT2D eigenvalue weighted by atomic mass is 28.4. The molecule has 1 N–H and O–H groups in total. The molecule has 0 amide bonds. The number of unbranched alkanes of at least 4 members (excludes halogenated alkanes) is 1. The average molecular weight is 465 g/mol. The lowest BCUT2D eigenvalue weighted by molar-refractivity contribution is -0.120. The van der Waals surface area contributed by atoms with E-state index in [0.29, 0.717) is 18.8 Å². The van der Waals surface area contributed by atoms with Gasteiger partial charge in [0.15, 0.2) is 19.7 Å². The summed E-state index contributed by atoms with van der Waals surface area (Å²) in [4.78, 5) is 16.0. The number of nitrogens with zero attached hydrogens (tertiary/aromatic N) is 2. The number of rotatable bonds is 7. The lowest BCUT2D eigenvalue weighted by Crippen LogP contribution is -2.69. The molecule has 8 heteroatoms. The van der Waals surface area contributed by atoms with Crippen LogP contribution in [0.2, 0.25) is 18.1 Å². The summed E-state index contributed by atoms with van der Waals surface area (Å²) in [5, 5.41) is 16.3. The largest absolute Gasteiger partial charge is 0.475 e. The summed E-state index contributed by atoms with van der Waals surface area (Å²) in [6.07, 6.45) is 5.46. The van der Waals surface area contributed by atoms with Gasteiger partial charge in [-0.05, 0) is 57.1 Å². The second-order valence-corrected chi connectivity index (χ2v) is 15.9. The van der Waals surface area contributed by atoms with Crippen molar-refractivity contribution in [2.45, 2.75) is 89.3 Å². The molecule has 1 aromatic rings. The number of aromatic nitrogens is 1. The number of ketones is 1. The van der Waals surface area contributed by atoms with Gasteiger partial charge in [0.25, 0.3) is 5.88 Å². The first kappa shape index (κ1) is 25.1. The zero-order chi connectivity index (χ0) is 24.1. The molecule has 0 spiro atoms. The minimum atomic E-state index is -2.28. The fourth-order valence-corrected chi connectivity index (χ4v) is 5.78. The van der Waals surface area contributed by atoms with E-state index < -0.39 is 37.3 Å². The number of allylic oxidation sites excluding steroid dienone is 1. The third-order valence-corrected chi connectivity index (χ3v) is 12.4. The lowest BCUT2D eigenvalue weighted by Gasteiger charge is -2.55. The summed E-state index contributed by atoms with van der Waals surface area (Å²) < 4.78 is 18.2. The van der Waals surface area contributed by atoms with Crippen LogP contribution in [0.25, 0.3) is 0 Å². The molecular formula is C24H40N2O5Si. The Morgan fingerprint density at radius 3 is 2.56 bits per heavy atom. The predicted octanol–water partition coefficient (Wildman–Crippen LogP) is 4.52. The molecule has 1 aromatic heterocycles. The average Bonchev–Trinajstić information content (AvgIpc) is 3.11. The molecular weight excluding hydrogens is 424 g/mol. The van der Waals surface area contributed by atoms with Gasteiger partial charge in [-0.2, -0.15) is 0 Å². The van der Waals surface area contributed by atoms with Crippen LogP contribution >= 0.6 is 0 Å². The van der Waals surface area contributed by atoms with E-state index in [1.165, 1.54) is 0 Å². The van der Waals surface area contributed by atoms with Gasteiger partial charge in [0.1, 0.15) is 11.7 Å². The van der Waals surface area contributed by atoms with Crippen LogP contribution in [0.15, 0.2) is 16.7 Å². The van der Waals surface area contributed by atoms with E-state index in [-0.39, 0.29) is 16.5 Å². The summed E-state index contributed by atoms with van der Waals surface area (Å²) in [6.45, 7) is 15.2. The van der Waals surface area contributed by atoms with Gasteiger partial charge < -0.3 is 18.8 Å². The van der Waals surface area contributed by atoms with Crippen molar-refractivity contribution in [3.63, 3.8) is 0 Å². The number of ether oxygens (including phenoxy) is 1. The first-order valence-corrected chi connectivity index (χ1v) is 14.6. The van der Waals surface area contributed by atoms with Crippen LogP contribution in [0, 0.1) is 5.92 Å². The molecule has 0 aromatic carbocycles. The maximum absolute atomic E-state index is 14.0. The number of carbonyl (C=O) groups excluding carboxylic acids is 1. The third-order valence-electron chi connectivity index (χ3n) is 7.93. The molecule has 3 rings (SSSR count). The Kier molecular flexibility index (Phi) is 6.59. The Morgan fingerprint density at radius 2 is 2.00 bits per heavy atom. The van der Waals surface area contributed by atoms with Crippen LogP contribution in [0.1, 0.15) is 70.0 Å². The highest BCUT2D eigenvalue weighted by Gasteiger charge is 2.66. The fraction of sp³-hybridized carbons (Fsp3) is 0.750. The SMILES string of the molecule is CCCCOc1noc2c1C(=O)[C@@]1(O)C(O[Si](C)(C)C(C)(C)C)C=CC[C@H]1C2(C)N(C)C. The maximum Gasteiger partial charge on any atom is 0.265 e. The number of carbonyl (C=O) groups is 1. The molecule has 1 heterocycles. The summed E-state index contributed by atoms with van der Waals surface area (Å²) in [7, 11) is 1.58. The normalized spacial score (nSPS) is 30.4. The molecule has 0 bridgehead atoms. The van der Waals surface area contributed by atoms with Gasteiger partial charge in [-0.3, -0.25) is 9.69 Å². The van der Waals surface area contributed by atoms with Crippen molar-refractivity contribution in [2.24, 2.45) is 5.92 Å². The van der Waals surface area contributed by atoms with E-state index in [2.05, 4.69) is 45.9 Å². The molecule has 7 nitrogen and oxygen atoms in total. The summed E-state index contributed by atoms with van der Waals surface area (Å²) in [5.74, 6) is -0.257. The van der Waals surface area contributed by atoms with Gasteiger partial charge in [-0.15, -0.1) is 0 Å². The van der Waals surface area contributed by atoms with Crippen LogP contribution < -0.4 is 4.74 Å². The van der Waals surface area contributed by atoms with Crippen LogP contribution in [0.4, 0.5) is 0 Å². The van der Waals surface area contributed by atoms with E-state index in [0.717, 1.165) is 12.8 Å². The summed E-state index contributed by atoms with van der Waals surface area (Å²) in [5.41, 5.74) is -2.27. The van der Waals surface area contributed by atoms with Crippen molar-refractivity contribution in [1.82, 2.24) is 10.1 Å². The third kappa shape index (κ3) is 3.69. The standard InChI is InChI=1S/C24H40N2O5Si/c1-10-11-15-29-21-18-19(27)24(28)16(23(5,26(6)7)20(18)30-25-21)13-12-14-17(24)31-32(8,9)22(2,3)4/h12,14,16-17,28H,10-11,13,15H2,1-9H3/t16-,17?,23?,24-/m0/s1. The molecule has 0 saturated heterocycles. The number of hydrogen-bond acceptors (Lipinski definition) is 7. The van der Waals surface area contributed by atoms with Gasteiger partial charge in [-0.1, -0.05) is 46.3 Å². The van der Waals surface area contributed by atoms with Crippen molar-refractivity contribution >= 4 is 14.1 Å². The lowest BCUT2D eigenvalue weighted by atomic mass is 9.59. The Hall–Kier alpha value is -1.48. The second kappa shape index (κ2) is 8.38. The number of aliphatic hydroxyl groups is 1. The van der Waals surface area contributed by atoms with E-state index in [1.54, 1.807) is 0 Å². The molecule has 0 saturated carbocycles. The molecule has 32 heavy (non-hydrogen) atoms. The van der Waals surface area contributed by atoms with E-state index in [1.807, 2.05) is 38.1 Å². The molecule has 4 atom stereocenters. The molecule has 2 unspecified atom stereocenters. The highest BCUT2D eigenvalue weighted by molar-refractivity contribution is 6.74. The monoisotopic (exact) mass is 464 g/mol. The maximum atomic E-state index is 14.0. The highest BCUT2D eigenvalue weighted by Crippen LogP contribution is 2.55. The number of fused-ring (bicyclic) bond motifs is 2. The van der Waals surface area contributed by atoms with Gasteiger partial charge in [0, 0.05) is 5.92 Å². The molecule has 0 radical (unpaired) electrons. The van der Waals surface area contributed by atoms with Crippen molar-refractivity contribution in [2.75, 3.05) is 20.7 Å². The van der Waals surface area contributed by atoms with Crippen LogP contribution in [-0.2, 0) is 9.96 Å². The predicted molar refractivity (Wildman–Crippen MR) is 127 cm³/mol. The summed E-state index contributed by atoms with van der Waals surface area (Å²) in [6, 6.07) is 0. The second-order valence-electron chi connectivity index (χ2n) is 11.1. The number of hydrogen-bond donors (Lipinski definition) is 1. The Labute approximate surface area is 193 Å². The first-order valence-electron chi connectivity index (χ1n) is 11.6. The zero-order valence-corrected chi connectivity index (χ0v) is 22.1. The molecule has 180 valence electrons. The van der Waals surface area contributed by atoms with E-state index >= 15 is 0 Å². The van der Waals surface area contributed by atoms with Crippen LogP contribution in [0.3, 0.4) is 0 Å². The topological polar surface area (TPSA) is 85.0 Å². The van der Waals surface area contributed by atoms with E-state index in [9.17, 15) is 9.90 Å². The van der Waals surface area contributed by atoms with E-state index in [4.69, 9.17) is 13.7 Å². The Bertz CT molecular complexity index is 887. The minimum absolute atomic E-state index is 0.0660. The van der Waals surface area contributed by atoms with Gasteiger partial charge in [0.05, 0.1) is 12.1 Å². The van der Waals surface area contributed by atoms with Crippen LogP contribution in [0.5, 0.6) is 5.88 Å². The number of Topliss-reactive ketones (excluding diaryl/α,β-unsaturated/α-hetero) is 1. The molecule has 0 aliphatic heterocycles. The van der Waals surface area contributed by atoms with Crippen molar-refractivity contribution in [1.29, 1.82) is 0 Å². The zero-order valence-electron chi connectivity index (χ0n) is 21.1. The van der Waals surface area contributed by atoms with Crippen molar-refractivity contribution < 1.29 is 23.6 Å².